The molecule has 0 aliphatic heterocycles. The summed E-state index contributed by atoms with van der Waals surface area (Å²) < 4.78 is 15.7. The molecule has 2 aromatic rings. The maximum absolute atomic E-state index is 13.7. The summed E-state index contributed by atoms with van der Waals surface area (Å²) in [4.78, 5) is 14.4. The Morgan fingerprint density at radius 2 is 1.96 bits per heavy atom. The van der Waals surface area contributed by atoms with Crippen LogP contribution in [0.15, 0.2) is 18.2 Å². The van der Waals surface area contributed by atoms with Gasteiger partial charge in [-0.25, -0.2) is 4.39 Å². The van der Waals surface area contributed by atoms with Crippen molar-refractivity contribution in [2.45, 2.75) is 47.7 Å². The van der Waals surface area contributed by atoms with Crippen molar-refractivity contribution in [2.24, 2.45) is 0 Å². The number of amides is 1. The fourth-order valence-electron chi connectivity index (χ4n) is 2.70. The molecule has 1 aromatic heterocycles. The Bertz CT molecular complexity index is 721. The van der Waals surface area contributed by atoms with E-state index in [1.54, 1.807) is 24.0 Å². The number of aromatic nitrogens is 2. The molecule has 2 rings (SSSR count). The molecule has 0 unspecified atom stereocenters. The Kier molecular flexibility index (Phi) is 5.19. The molecule has 0 radical (unpaired) electrons. The predicted octanol–water partition coefficient (Wildman–Crippen LogP) is 3.63. The van der Waals surface area contributed by atoms with Gasteiger partial charge in [-0.15, -0.1) is 0 Å². The molecular formula is C18H24FN3O. The second kappa shape index (κ2) is 6.94. The van der Waals surface area contributed by atoms with Crippen LogP contribution in [0.1, 0.15) is 46.7 Å². The SMILES string of the molecule is CCN(Cc1c(C)nn(CC)c1C)C(=O)c1ccc(C)c(F)c1. The fraction of sp³-hybridized carbons (Fsp3) is 0.444. The highest BCUT2D eigenvalue weighted by molar-refractivity contribution is 5.94. The van der Waals surface area contributed by atoms with E-state index in [1.807, 2.05) is 32.4 Å². The maximum atomic E-state index is 13.7. The van der Waals surface area contributed by atoms with Crippen molar-refractivity contribution in [3.63, 3.8) is 0 Å². The first kappa shape index (κ1) is 17.2. The van der Waals surface area contributed by atoms with Gasteiger partial charge in [-0.05, 0) is 52.3 Å². The molecule has 124 valence electrons. The Labute approximate surface area is 136 Å². The normalized spacial score (nSPS) is 10.9. The maximum Gasteiger partial charge on any atom is 0.254 e. The summed E-state index contributed by atoms with van der Waals surface area (Å²) in [5.41, 5.74) is 4.00. The summed E-state index contributed by atoms with van der Waals surface area (Å²) in [5.74, 6) is -0.507. The quantitative estimate of drug-likeness (QED) is 0.844. The highest BCUT2D eigenvalue weighted by atomic mass is 19.1. The monoisotopic (exact) mass is 317 g/mol. The zero-order chi connectivity index (χ0) is 17.1. The molecule has 0 saturated heterocycles. The molecule has 0 spiro atoms. The van der Waals surface area contributed by atoms with E-state index in [-0.39, 0.29) is 11.7 Å². The van der Waals surface area contributed by atoms with Crippen LogP contribution in [0.25, 0.3) is 0 Å². The van der Waals surface area contributed by atoms with Crippen molar-refractivity contribution in [1.29, 1.82) is 0 Å². The first-order valence-electron chi connectivity index (χ1n) is 7.97. The molecule has 1 aromatic carbocycles. The molecule has 23 heavy (non-hydrogen) atoms. The number of carbonyl (C=O) groups is 1. The van der Waals surface area contributed by atoms with Crippen molar-refractivity contribution in [1.82, 2.24) is 14.7 Å². The van der Waals surface area contributed by atoms with E-state index in [1.165, 1.54) is 6.07 Å². The van der Waals surface area contributed by atoms with E-state index >= 15 is 0 Å². The molecule has 0 aliphatic carbocycles. The molecule has 1 amide bonds. The molecule has 0 fully saturated rings. The third-order valence-electron chi connectivity index (χ3n) is 4.27. The largest absolute Gasteiger partial charge is 0.334 e. The lowest BCUT2D eigenvalue weighted by Gasteiger charge is -2.21. The van der Waals surface area contributed by atoms with Gasteiger partial charge in [0, 0.05) is 36.5 Å². The fourth-order valence-corrected chi connectivity index (χ4v) is 2.70. The smallest absolute Gasteiger partial charge is 0.254 e. The van der Waals surface area contributed by atoms with Gasteiger partial charge in [0.25, 0.3) is 5.91 Å². The number of hydrogen-bond acceptors (Lipinski definition) is 2. The van der Waals surface area contributed by atoms with Gasteiger partial charge in [-0.2, -0.15) is 5.10 Å². The predicted molar refractivity (Wildman–Crippen MR) is 88.9 cm³/mol. The Hall–Kier alpha value is -2.17. The van der Waals surface area contributed by atoms with Crippen LogP contribution < -0.4 is 0 Å². The minimum Gasteiger partial charge on any atom is -0.334 e. The Balaban J connectivity index is 2.27. The van der Waals surface area contributed by atoms with E-state index < -0.39 is 0 Å². The van der Waals surface area contributed by atoms with Gasteiger partial charge in [0.15, 0.2) is 0 Å². The van der Waals surface area contributed by atoms with Crippen LogP contribution in [0.2, 0.25) is 0 Å². The Morgan fingerprint density at radius 3 is 2.48 bits per heavy atom. The minimum absolute atomic E-state index is 0.158. The second-order valence-electron chi connectivity index (χ2n) is 5.75. The average Bonchev–Trinajstić information content (AvgIpc) is 2.81. The molecule has 4 nitrogen and oxygen atoms in total. The zero-order valence-corrected chi connectivity index (χ0v) is 14.5. The zero-order valence-electron chi connectivity index (χ0n) is 14.5. The standard InChI is InChI=1S/C18H24FN3O/c1-6-21(11-16-13(4)20-22(7-2)14(16)5)18(23)15-9-8-12(3)17(19)10-15/h8-10H,6-7,11H2,1-5H3. The van der Waals surface area contributed by atoms with Gasteiger partial charge in [0.2, 0.25) is 0 Å². The molecule has 1 heterocycles. The van der Waals surface area contributed by atoms with Crippen molar-refractivity contribution in [2.75, 3.05) is 6.54 Å². The highest BCUT2D eigenvalue weighted by Gasteiger charge is 2.19. The van der Waals surface area contributed by atoms with Gasteiger partial charge >= 0.3 is 0 Å². The van der Waals surface area contributed by atoms with Crippen LogP contribution in [0, 0.1) is 26.6 Å². The van der Waals surface area contributed by atoms with Crippen molar-refractivity contribution in [3.05, 3.63) is 52.1 Å². The van der Waals surface area contributed by atoms with Gasteiger partial charge in [0.1, 0.15) is 5.82 Å². The first-order valence-corrected chi connectivity index (χ1v) is 7.97. The van der Waals surface area contributed by atoms with E-state index in [0.717, 1.165) is 23.5 Å². The lowest BCUT2D eigenvalue weighted by atomic mass is 10.1. The average molecular weight is 317 g/mol. The van der Waals surface area contributed by atoms with Crippen LogP contribution in [-0.4, -0.2) is 27.1 Å². The van der Waals surface area contributed by atoms with Crippen molar-refractivity contribution >= 4 is 5.91 Å². The third kappa shape index (κ3) is 3.44. The molecule has 5 heteroatoms. The van der Waals surface area contributed by atoms with Crippen LogP contribution >= 0.6 is 0 Å². The van der Waals surface area contributed by atoms with Crippen molar-refractivity contribution in [3.8, 4) is 0 Å². The van der Waals surface area contributed by atoms with Crippen LogP contribution in [0.4, 0.5) is 4.39 Å². The lowest BCUT2D eigenvalue weighted by molar-refractivity contribution is 0.0751. The summed E-state index contributed by atoms with van der Waals surface area (Å²) >= 11 is 0. The highest BCUT2D eigenvalue weighted by Crippen LogP contribution is 2.18. The van der Waals surface area contributed by atoms with E-state index in [0.29, 0.717) is 24.2 Å². The summed E-state index contributed by atoms with van der Waals surface area (Å²) in [6.45, 7) is 11.5. The summed E-state index contributed by atoms with van der Waals surface area (Å²) in [6.07, 6.45) is 0. The summed E-state index contributed by atoms with van der Waals surface area (Å²) in [7, 11) is 0. The van der Waals surface area contributed by atoms with E-state index in [4.69, 9.17) is 0 Å². The van der Waals surface area contributed by atoms with Crippen LogP contribution in [-0.2, 0) is 13.1 Å². The lowest BCUT2D eigenvalue weighted by Crippen LogP contribution is -2.30. The van der Waals surface area contributed by atoms with E-state index in [9.17, 15) is 9.18 Å². The molecule has 0 saturated carbocycles. The molecule has 0 aliphatic rings. The van der Waals surface area contributed by atoms with Gasteiger partial charge < -0.3 is 4.90 Å². The van der Waals surface area contributed by atoms with Gasteiger partial charge in [-0.1, -0.05) is 6.07 Å². The summed E-state index contributed by atoms with van der Waals surface area (Å²) in [6, 6.07) is 4.64. The molecule has 0 N–H and O–H groups in total. The molecule has 0 atom stereocenters. The molecular weight excluding hydrogens is 293 g/mol. The second-order valence-corrected chi connectivity index (χ2v) is 5.75. The van der Waals surface area contributed by atoms with Gasteiger partial charge in [-0.3, -0.25) is 9.48 Å². The van der Waals surface area contributed by atoms with Crippen LogP contribution in [0.3, 0.4) is 0 Å². The van der Waals surface area contributed by atoms with Gasteiger partial charge in [0.05, 0.1) is 5.69 Å². The third-order valence-corrected chi connectivity index (χ3v) is 4.27. The van der Waals surface area contributed by atoms with E-state index in [2.05, 4.69) is 5.10 Å². The number of aryl methyl sites for hydroxylation is 3. The first-order chi connectivity index (χ1) is 10.9. The Morgan fingerprint density at radius 1 is 1.26 bits per heavy atom. The van der Waals surface area contributed by atoms with Crippen LogP contribution in [0.5, 0.6) is 0 Å². The number of hydrogen-bond donors (Lipinski definition) is 0. The number of halogens is 1. The number of carbonyl (C=O) groups excluding carboxylic acids is 1. The minimum atomic E-state index is -0.349. The molecule has 0 bridgehead atoms. The number of benzene rings is 1. The number of rotatable bonds is 5. The number of nitrogens with zero attached hydrogens (tertiary/aromatic N) is 3. The van der Waals surface area contributed by atoms with Crippen molar-refractivity contribution < 1.29 is 9.18 Å². The topological polar surface area (TPSA) is 38.1 Å². The summed E-state index contributed by atoms with van der Waals surface area (Å²) in [5, 5.41) is 4.49.